The predicted octanol–water partition coefficient (Wildman–Crippen LogP) is 3.60. The molecule has 132 valence electrons. The minimum Gasteiger partial charge on any atom is -0.497 e. The lowest BCUT2D eigenvalue weighted by Crippen LogP contribution is -2.25. The molecule has 0 spiro atoms. The first-order chi connectivity index (χ1) is 12.1. The van der Waals surface area contributed by atoms with Crippen molar-refractivity contribution in [3.63, 3.8) is 0 Å². The lowest BCUT2D eigenvalue weighted by Gasteiger charge is -2.17. The third-order valence-corrected chi connectivity index (χ3v) is 3.81. The maximum absolute atomic E-state index is 12.2. The zero-order valence-electron chi connectivity index (χ0n) is 14.9. The van der Waals surface area contributed by atoms with E-state index in [1.54, 1.807) is 27.4 Å². The molecule has 0 heterocycles. The highest BCUT2D eigenvalue weighted by atomic mass is 16.5. The van der Waals surface area contributed by atoms with Gasteiger partial charge in [0.1, 0.15) is 17.2 Å². The van der Waals surface area contributed by atoms with Crippen LogP contribution in [0, 0.1) is 0 Å². The number of hydrogen-bond acceptors (Lipinski definition) is 4. The van der Waals surface area contributed by atoms with Crippen LogP contribution in [0.2, 0.25) is 0 Å². The number of carbonyl (C=O) groups is 1. The average Bonchev–Trinajstić information content (AvgIpc) is 2.66. The smallest absolute Gasteiger partial charge is 0.244 e. The van der Waals surface area contributed by atoms with Crippen LogP contribution in [0.15, 0.2) is 48.5 Å². The van der Waals surface area contributed by atoms with Crippen LogP contribution in [0.5, 0.6) is 17.2 Å². The van der Waals surface area contributed by atoms with E-state index in [1.165, 1.54) is 6.08 Å². The summed E-state index contributed by atoms with van der Waals surface area (Å²) in [5.74, 6) is 2.01. The Kier molecular flexibility index (Phi) is 6.46. The Hall–Kier alpha value is -2.95. The molecule has 25 heavy (non-hydrogen) atoms. The fourth-order valence-corrected chi connectivity index (χ4v) is 2.40. The molecule has 5 heteroatoms. The van der Waals surface area contributed by atoms with Crippen LogP contribution < -0.4 is 19.5 Å². The summed E-state index contributed by atoms with van der Waals surface area (Å²) in [6.45, 7) is 1.90. The Morgan fingerprint density at radius 2 is 1.60 bits per heavy atom. The minimum absolute atomic E-state index is 0.187. The van der Waals surface area contributed by atoms with Crippen molar-refractivity contribution in [2.75, 3.05) is 21.3 Å². The van der Waals surface area contributed by atoms with Crippen LogP contribution >= 0.6 is 0 Å². The van der Waals surface area contributed by atoms with Gasteiger partial charge >= 0.3 is 0 Å². The van der Waals surface area contributed by atoms with Gasteiger partial charge < -0.3 is 19.5 Å². The summed E-state index contributed by atoms with van der Waals surface area (Å²) in [5.41, 5.74) is 1.77. The van der Waals surface area contributed by atoms with Gasteiger partial charge in [0.2, 0.25) is 5.91 Å². The second-order valence-electron chi connectivity index (χ2n) is 5.44. The molecule has 0 saturated heterocycles. The maximum Gasteiger partial charge on any atom is 0.244 e. The van der Waals surface area contributed by atoms with Gasteiger partial charge in [-0.05, 0) is 48.9 Å². The number of hydrogen-bond donors (Lipinski definition) is 1. The van der Waals surface area contributed by atoms with E-state index in [4.69, 9.17) is 14.2 Å². The molecule has 0 radical (unpaired) electrons. The summed E-state index contributed by atoms with van der Waals surface area (Å²) < 4.78 is 15.7. The lowest BCUT2D eigenvalue weighted by atomic mass is 10.1. The highest BCUT2D eigenvalue weighted by Crippen LogP contribution is 2.29. The molecule has 0 saturated carbocycles. The largest absolute Gasteiger partial charge is 0.497 e. The molecular formula is C20H23NO4. The summed E-state index contributed by atoms with van der Waals surface area (Å²) in [4.78, 5) is 12.2. The number of rotatable bonds is 7. The predicted molar refractivity (Wildman–Crippen MR) is 98.1 cm³/mol. The van der Waals surface area contributed by atoms with Crippen LogP contribution in [0.25, 0.3) is 6.08 Å². The monoisotopic (exact) mass is 341 g/mol. The first kappa shape index (κ1) is 18.4. The van der Waals surface area contributed by atoms with Crippen LogP contribution in [0.1, 0.15) is 24.1 Å². The van der Waals surface area contributed by atoms with E-state index in [1.807, 2.05) is 49.4 Å². The van der Waals surface area contributed by atoms with E-state index in [-0.39, 0.29) is 11.9 Å². The molecule has 0 aliphatic rings. The molecule has 2 aromatic rings. The molecule has 0 aliphatic heterocycles. The number of nitrogens with one attached hydrogen (secondary N) is 1. The third kappa shape index (κ3) is 5.01. The third-order valence-electron chi connectivity index (χ3n) is 3.81. The highest BCUT2D eigenvalue weighted by Gasteiger charge is 2.14. The molecule has 0 bridgehead atoms. The molecule has 5 nitrogen and oxygen atoms in total. The van der Waals surface area contributed by atoms with Crippen molar-refractivity contribution in [3.05, 3.63) is 59.7 Å². The summed E-state index contributed by atoms with van der Waals surface area (Å²) in [5, 5.41) is 2.93. The van der Waals surface area contributed by atoms with Gasteiger partial charge in [0.15, 0.2) is 0 Å². The normalized spacial score (nSPS) is 11.8. The number of carbonyl (C=O) groups excluding carboxylic acids is 1. The van der Waals surface area contributed by atoms with Crippen LogP contribution in [0.4, 0.5) is 0 Å². The van der Waals surface area contributed by atoms with Crippen molar-refractivity contribution in [3.8, 4) is 17.2 Å². The first-order valence-corrected chi connectivity index (χ1v) is 7.92. The van der Waals surface area contributed by atoms with Crippen molar-refractivity contribution in [1.29, 1.82) is 0 Å². The summed E-state index contributed by atoms with van der Waals surface area (Å²) in [6.07, 6.45) is 3.26. The Bertz CT molecular complexity index is 738. The Morgan fingerprint density at radius 1 is 0.960 bits per heavy atom. The van der Waals surface area contributed by atoms with Crippen molar-refractivity contribution in [1.82, 2.24) is 5.32 Å². The van der Waals surface area contributed by atoms with Gasteiger partial charge in [-0.3, -0.25) is 4.79 Å². The molecule has 0 fully saturated rings. The van der Waals surface area contributed by atoms with Gasteiger partial charge in [0.05, 0.1) is 27.4 Å². The Morgan fingerprint density at radius 3 is 2.20 bits per heavy atom. The van der Waals surface area contributed by atoms with E-state index in [0.717, 1.165) is 16.9 Å². The maximum atomic E-state index is 12.2. The van der Waals surface area contributed by atoms with Gasteiger partial charge in [-0.1, -0.05) is 12.1 Å². The average molecular weight is 341 g/mol. The molecule has 0 aliphatic carbocycles. The molecule has 1 unspecified atom stereocenters. The summed E-state index contributed by atoms with van der Waals surface area (Å²) in [7, 11) is 4.82. The molecular weight excluding hydrogens is 318 g/mol. The summed E-state index contributed by atoms with van der Waals surface area (Å²) in [6, 6.07) is 12.7. The van der Waals surface area contributed by atoms with E-state index >= 15 is 0 Å². The van der Waals surface area contributed by atoms with E-state index in [0.29, 0.717) is 11.5 Å². The Balaban J connectivity index is 2.05. The zero-order chi connectivity index (χ0) is 18.2. The van der Waals surface area contributed by atoms with Crippen LogP contribution in [-0.2, 0) is 4.79 Å². The topological polar surface area (TPSA) is 56.8 Å². The van der Waals surface area contributed by atoms with Crippen molar-refractivity contribution < 1.29 is 19.0 Å². The van der Waals surface area contributed by atoms with Gasteiger partial charge in [-0.15, -0.1) is 0 Å². The Labute approximate surface area is 148 Å². The number of ether oxygens (including phenoxy) is 3. The summed E-state index contributed by atoms with van der Waals surface area (Å²) >= 11 is 0. The fourth-order valence-electron chi connectivity index (χ4n) is 2.40. The van der Waals surface area contributed by atoms with Crippen LogP contribution in [0.3, 0.4) is 0 Å². The number of benzene rings is 2. The quantitative estimate of drug-likeness (QED) is 0.782. The zero-order valence-corrected chi connectivity index (χ0v) is 14.9. The SMILES string of the molecule is COc1ccc(/C=C/C(=O)NC(C)c2cc(OC)ccc2OC)cc1. The van der Waals surface area contributed by atoms with Gasteiger partial charge in [-0.2, -0.15) is 0 Å². The van der Waals surface area contributed by atoms with E-state index in [2.05, 4.69) is 5.32 Å². The van der Waals surface area contributed by atoms with E-state index < -0.39 is 0 Å². The molecule has 2 aromatic carbocycles. The second kappa shape index (κ2) is 8.78. The van der Waals surface area contributed by atoms with Gasteiger partial charge in [0.25, 0.3) is 0 Å². The second-order valence-corrected chi connectivity index (χ2v) is 5.44. The fraction of sp³-hybridized carbons (Fsp3) is 0.250. The molecule has 0 aromatic heterocycles. The minimum atomic E-state index is -0.224. The molecule has 1 N–H and O–H groups in total. The lowest BCUT2D eigenvalue weighted by molar-refractivity contribution is -0.117. The molecule has 2 rings (SSSR count). The van der Waals surface area contributed by atoms with Crippen molar-refractivity contribution >= 4 is 12.0 Å². The van der Waals surface area contributed by atoms with Gasteiger partial charge in [-0.25, -0.2) is 0 Å². The van der Waals surface area contributed by atoms with Crippen LogP contribution in [-0.4, -0.2) is 27.2 Å². The highest BCUT2D eigenvalue weighted by molar-refractivity contribution is 5.92. The molecule has 1 amide bonds. The molecule has 1 atom stereocenters. The van der Waals surface area contributed by atoms with E-state index in [9.17, 15) is 4.79 Å². The van der Waals surface area contributed by atoms with Crippen molar-refractivity contribution in [2.24, 2.45) is 0 Å². The van der Waals surface area contributed by atoms with Crippen molar-refractivity contribution in [2.45, 2.75) is 13.0 Å². The number of amides is 1. The number of methoxy groups -OCH3 is 3. The standard InChI is InChI=1S/C20H23NO4/c1-14(18-13-17(24-3)10-11-19(18)25-4)21-20(22)12-7-15-5-8-16(23-2)9-6-15/h5-14H,1-4H3,(H,21,22)/b12-7+. The van der Waals surface area contributed by atoms with Gasteiger partial charge in [0, 0.05) is 11.6 Å². The first-order valence-electron chi connectivity index (χ1n) is 7.92.